The summed E-state index contributed by atoms with van der Waals surface area (Å²) in [5.41, 5.74) is 4.19. The molecule has 1 rings (SSSR count). The standard InChI is InChI=1S/C13H21ClN2/c1-3-4-10(2)13(16-15)9-11-5-7-12(14)8-6-11/h5-8,10,13,16H,3-4,9,15H2,1-2H3. The van der Waals surface area contributed by atoms with E-state index in [1.807, 2.05) is 12.1 Å². The van der Waals surface area contributed by atoms with E-state index >= 15 is 0 Å². The van der Waals surface area contributed by atoms with Gasteiger partial charge in [-0.1, -0.05) is 44.0 Å². The first kappa shape index (κ1) is 13.5. The SMILES string of the molecule is CCCC(C)C(Cc1ccc(Cl)cc1)NN. The first-order valence-electron chi connectivity index (χ1n) is 5.88. The van der Waals surface area contributed by atoms with Crippen LogP contribution in [0.15, 0.2) is 24.3 Å². The van der Waals surface area contributed by atoms with Crippen LogP contribution in [0.1, 0.15) is 32.3 Å². The molecule has 2 nitrogen and oxygen atoms in total. The third-order valence-corrected chi connectivity index (χ3v) is 3.27. The summed E-state index contributed by atoms with van der Waals surface area (Å²) in [6.07, 6.45) is 3.34. The fourth-order valence-corrected chi connectivity index (χ4v) is 2.08. The summed E-state index contributed by atoms with van der Waals surface area (Å²) in [6, 6.07) is 8.31. The van der Waals surface area contributed by atoms with Crippen LogP contribution in [-0.2, 0) is 6.42 Å². The molecule has 16 heavy (non-hydrogen) atoms. The number of hydrogen-bond acceptors (Lipinski definition) is 2. The first-order valence-corrected chi connectivity index (χ1v) is 6.25. The van der Waals surface area contributed by atoms with Crippen LogP contribution in [0.3, 0.4) is 0 Å². The van der Waals surface area contributed by atoms with Crippen molar-refractivity contribution in [2.45, 2.75) is 39.2 Å². The van der Waals surface area contributed by atoms with Crippen LogP contribution in [0.4, 0.5) is 0 Å². The number of benzene rings is 1. The maximum absolute atomic E-state index is 5.85. The van der Waals surface area contributed by atoms with E-state index in [0.717, 1.165) is 11.4 Å². The zero-order valence-electron chi connectivity index (χ0n) is 10.0. The van der Waals surface area contributed by atoms with Crippen molar-refractivity contribution >= 4 is 11.6 Å². The molecule has 3 heteroatoms. The summed E-state index contributed by atoms with van der Waals surface area (Å²) in [5, 5.41) is 0.780. The quantitative estimate of drug-likeness (QED) is 0.592. The van der Waals surface area contributed by atoms with E-state index in [0.29, 0.717) is 12.0 Å². The van der Waals surface area contributed by atoms with Crippen LogP contribution in [0.5, 0.6) is 0 Å². The Balaban J connectivity index is 2.59. The summed E-state index contributed by atoms with van der Waals surface area (Å²) in [6.45, 7) is 4.44. The monoisotopic (exact) mass is 240 g/mol. The van der Waals surface area contributed by atoms with Crippen LogP contribution in [0.2, 0.25) is 5.02 Å². The van der Waals surface area contributed by atoms with Crippen LogP contribution in [0.25, 0.3) is 0 Å². The molecule has 0 spiro atoms. The predicted octanol–water partition coefficient (Wildman–Crippen LogP) is 3.15. The second kappa shape index (κ2) is 6.89. The van der Waals surface area contributed by atoms with Gasteiger partial charge < -0.3 is 0 Å². The Hall–Kier alpha value is -0.570. The zero-order valence-corrected chi connectivity index (χ0v) is 10.8. The second-order valence-corrected chi connectivity index (χ2v) is 4.81. The number of nitrogens with one attached hydrogen (secondary N) is 1. The molecule has 2 atom stereocenters. The van der Waals surface area contributed by atoms with E-state index in [2.05, 4.69) is 31.4 Å². The Bertz CT molecular complexity index is 297. The molecule has 0 bridgehead atoms. The summed E-state index contributed by atoms with van der Waals surface area (Å²) in [5.74, 6) is 6.19. The molecule has 0 aliphatic rings. The predicted molar refractivity (Wildman–Crippen MR) is 70.3 cm³/mol. The fraction of sp³-hybridized carbons (Fsp3) is 0.538. The second-order valence-electron chi connectivity index (χ2n) is 4.37. The summed E-state index contributed by atoms with van der Waals surface area (Å²) < 4.78 is 0. The minimum Gasteiger partial charge on any atom is -0.271 e. The molecule has 1 aromatic rings. The van der Waals surface area contributed by atoms with Crippen LogP contribution in [-0.4, -0.2) is 6.04 Å². The topological polar surface area (TPSA) is 38.0 Å². The first-order chi connectivity index (χ1) is 7.67. The Kier molecular flexibility index (Phi) is 5.81. The molecule has 0 aliphatic carbocycles. The molecule has 0 saturated heterocycles. The number of nitrogens with two attached hydrogens (primary N) is 1. The van der Waals surface area contributed by atoms with Gasteiger partial charge in [-0.3, -0.25) is 11.3 Å². The van der Waals surface area contributed by atoms with Crippen molar-refractivity contribution in [3.8, 4) is 0 Å². The van der Waals surface area contributed by atoms with Gasteiger partial charge in [-0.05, 0) is 36.5 Å². The van der Waals surface area contributed by atoms with Crippen molar-refractivity contribution in [2.75, 3.05) is 0 Å². The molecule has 0 heterocycles. The molecule has 0 aromatic heterocycles. The molecule has 3 N–H and O–H groups in total. The number of hydrogen-bond donors (Lipinski definition) is 2. The van der Waals surface area contributed by atoms with Gasteiger partial charge in [0, 0.05) is 11.1 Å². The largest absolute Gasteiger partial charge is 0.271 e. The van der Waals surface area contributed by atoms with Gasteiger partial charge in [-0.25, -0.2) is 0 Å². The van der Waals surface area contributed by atoms with Crippen LogP contribution >= 0.6 is 11.6 Å². The fourth-order valence-electron chi connectivity index (χ4n) is 1.96. The van der Waals surface area contributed by atoms with Gasteiger partial charge in [0.15, 0.2) is 0 Å². The lowest BCUT2D eigenvalue weighted by Crippen LogP contribution is -2.41. The molecule has 2 unspecified atom stereocenters. The van der Waals surface area contributed by atoms with Gasteiger partial charge in [-0.2, -0.15) is 0 Å². The van der Waals surface area contributed by atoms with Crippen LogP contribution < -0.4 is 11.3 Å². The van der Waals surface area contributed by atoms with E-state index in [1.165, 1.54) is 18.4 Å². The Morgan fingerprint density at radius 2 is 1.94 bits per heavy atom. The van der Waals surface area contributed by atoms with Gasteiger partial charge in [0.05, 0.1) is 0 Å². The highest BCUT2D eigenvalue weighted by atomic mass is 35.5. The maximum Gasteiger partial charge on any atom is 0.0406 e. The van der Waals surface area contributed by atoms with Crippen molar-refractivity contribution in [2.24, 2.45) is 11.8 Å². The molecular formula is C13H21ClN2. The number of rotatable bonds is 6. The highest BCUT2D eigenvalue weighted by Crippen LogP contribution is 2.16. The third-order valence-electron chi connectivity index (χ3n) is 3.01. The smallest absolute Gasteiger partial charge is 0.0406 e. The van der Waals surface area contributed by atoms with Crippen LogP contribution in [0, 0.1) is 5.92 Å². The lowest BCUT2D eigenvalue weighted by atomic mass is 9.92. The Morgan fingerprint density at radius 1 is 1.31 bits per heavy atom. The van der Waals surface area contributed by atoms with E-state index in [1.54, 1.807) is 0 Å². The van der Waals surface area contributed by atoms with E-state index in [-0.39, 0.29) is 0 Å². The van der Waals surface area contributed by atoms with Crippen molar-refractivity contribution in [3.63, 3.8) is 0 Å². The van der Waals surface area contributed by atoms with Crippen molar-refractivity contribution in [1.29, 1.82) is 0 Å². The lowest BCUT2D eigenvalue weighted by molar-refractivity contribution is 0.357. The Labute approximate surface area is 103 Å². The molecule has 90 valence electrons. The summed E-state index contributed by atoms with van der Waals surface area (Å²) in [7, 11) is 0. The molecule has 1 aromatic carbocycles. The average molecular weight is 241 g/mol. The minimum absolute atomic E-state index is 0.334. The van der Waals surface area contributed by atoms with Gasteiger partial charge in [0.1, 0.15) is 0 Å². The van der Waals surface area contributed by atoms with Crippen molar-refractivity contribution in [3.05, 3.63) is 34.9 Å². The normalized spacial score (nSPS) is 14.8. The average Bonchev–Trinajstić information content (AvgIpc) is 2.28. The molecular weight excluding hydrogens is 220 g/mol. The third kappa shape index (κ3) is 4.12. The van der Waals surface area contributed by atoms with Gasteiger partial charge in [0.2, 0.25) is 0 Å². The van der Waals surface area contributed by atoms with Crippen molar-refractivity contribution in [1.82, 2.24) is 5.43 Å². The van der Waals surface area contributed by atoms with E-state index < -0.39 is 0 Å². The zero-order chi connectivity index (χ0) is 12.0. The molecule has 0 aliphatic heterocycles. The molecule has 0 fully saturated rings. The Morgan fingerprint density at radius 3 is 2.44 bits per heavy atom. The van der Waals surface area contributed by atoms with E-state index in [9.17, 15) is 0 Å². The summed E-state index contributed by atoms with van der Waals surface area (Å²) >= 11 is 5.85. The molecule has 0 saturated carbocycles. The van der Waals surface area contributed by atoms with Gasteiger partial charge in [0.25, 0.3) is 0 Å². The molecule has 0 amide bonds. The highest BCUT2D eigenvalue weighted by Gasteiger charge is 2.15. The number of hydrazine groups is 1. The highest BCUT2D eigenvalue weighted by molar-refractivity contribution is 6.30. The lowest BCUT2D eigenvalue weighted by Gasteiger charge is -2.23. The summed E-state index contributed by atoms with van der Waals surface area (Å²) in [4.78, 5) is 0. The van der Waals surface area contributed by atoms with Crippen molar-refractivity contribution < 1.29 is 0 Å². The molecule has 0 radical (unpaired) electrons. The van der Waals surface area contributed by atoms with Gasteiger partial charge in [-0.15, -0.1) is 0 Å². The van der Waals surface area contributed by atoms with Gasteiger partial charge >= 0.3 is 0 Å². The minimum atomic E-state index is 0.334. The maximum atomic E-state index is 5.85. The number of halogens is 1. The van der Waals surface area contributed by atoms with E-state index in [4.69, 9.17) is 17.4 Å².